The van der Waals surface area contributed by atoms with Crippen LogP contribution in [0, 0.1) is 0 Å². The Hall–Kier alpha value is -1.80. The first-order valence-electron chi connectivity index (χ1n) is 5.62. The molecule has 21 heavy (non-hydrogen) atoms. The van der Waals surface area contributed by atoms with E-state index in [0.717, 1.165) is 0 Å². The van der Waals surface area contributed by atoms with Gasteiger partial charge in [0.1, 0.15) is 13.2 Å². The van der Waals surface area contributed by atoms with Crippen LogP contribution < -0.4 is 5.32 Å². The summed E-state index contributed by atoms with van der Waals surface area (Å²) in [7, 11) is 0. The van der Waals surface area contributed by atoms with Crippen LogP contribution in [-0.4, -0.2) is 36.4 Å². The van der Waals surface area contributed by atoms with E-state index in [-0.39, 0.29) is 10.6 Å². The molecule has 0 unspecified atom stereocenters. The number of carboxylic acids is 1. The summed E-state index contributed by atoms with van der Waals surface area (Å²) in [5.41, 5.74) is 0.121. The summed E-state index contributed by atoms with van der Waals surface area (Å²) in [4.78, 5) is 22.5. The van der Waals surface area contributed by atoms with Crippen molar-refractivity contribution in [2.75, 3.05) is 13.2 Å². The van der Waals surface area contributed by atoms with E-state index in [1.165, 1.54) is 18.2 Å². The fraction of sp³-hybridized carbons (Fsp3) is 0.333. The first-order valence-corrected chi connectivity index (χ1v) is 5.99. The molecule has 0 aromatic heterocycles. The van der Waals surface area contributed by atoms with E-state index >= 15 is 0 Å². The smallest absolute Gasteiger partial charge is 0.411 e. The number of nitrogens with one attached hydrogen (secondary N) is 1. The minimum atomic E-state index is -4.56. The van der Waals surface area contributed by atoms with Crippen LogP contribution in [0.3, 0.4) is 0 Å². The third kappa shape index (κ3) is 6.01. The topological polar surface area (TPSA) is 75.6 Å². The minimum absolute atomic E-state index is 0.112. The standard InChI is InChI=1S/C12H11ClF3NO4/c13-8-4-2-1-3-7(8)10(11(19)20)17-9(18)5-21-6-12(14,15)16/h1-4,10H,5-6H2,(H,17,18)(H,19,20)/t10-/m1/s1. The average molecular weight is 326 g/mol. The maximum atomic E-state index is 11.8. The third-order valence-corrected chi connectivity index (χ3v) is 2.61. The summed E-state index contributed by atoms with van der Waals surface area (Å²) in [6.07, 6.45) is -4.56. The van der Waals surface area contributed by atoms with Crippen molar-refractivity contribution in [2.45, 2.75) is 12.2 Å². The fourth-order valence-corrected chi connectivity index (χ4v) is 1.69. The number of hydrogen-bond donors (Lipinski definition) is 2. The lowest BCUT2D eigenvalue weighted by Crippen LogP contribution is -2.37. The van der Waals surface area contributed by atoms with Gasteiger partial charge in [0.05, 0.1) is 0 Å². The van der Waals surface area contributed by atoms with Gasteiger partial charge in [0.15, 0.2) is 6.04 Å². The van der Waals surface area contributed by atoms with Crippen molar-refractivity contribution in [1.29, 1.82) is 0 Å². The van der Waals surface area contributed by atoms with Crippen molar-refractivity contribution in [3.8, 4) is 0 Å². The average Bonchev–Trinajstić information content (AvgIpc) is 2.35. The normalized spacial score (nSPS) is 12.8. The maximum absolute atomic E-state index is 11.8. The molecular formula is C12H11ClF3NO4. The lowest BCUT2D eigenvalue weighted by atomic mass is 10.1. The van der Waals surface area contributed by atoms with Crippen LogP contribution in [0.15, 0.2) is 24.3 Å². The van der Waals surface area contributed by atoms with Gasteiger partial charge in [-0.05, 0) is 6.07 Å². The lowest BCUT2D eigenvalue weighted by Gasteiger charge is -2.16. The minimum Gasteiger partial charge on any atom is -0.479 e. The van der Waals surface area contributed by atoms with E-state index in [1.54, 1.807) is 6.07 Å². The third-order valence-electron chi connectivity index (χ3n) is 2.27. The zero-order valence-electron chi connectivity index (χ0n) is 10.5. The maximum Gasteiger partial charge on any atom is 0.411 e. The molecule has 116 valence electrons. The number of hydrogen-bond acceptors (Lipinski definition) is 3. The van der Waals surface area contributed by atoms with Gasteiger partial charge in [-0.3, -0.25) is 4.79 Å². The van der Waals surface area contributed by atoms with Gasteiger partial charge in [-0.1, -0.05) is 29.8 Å². The first-order chi connectivity index (χ1) is 9.70. The molecule has 0 aliphatic carbocycles. The highest BCUT2D eigenvalue weighted by molar-refractivity contribution is 6.31. The number of rotatable bonds is 6. The molecule has 1 aromatic rings. The highest BCUT2D eigenvalue weighted by Crippen LogP contribution is 2.22. The SMILES string of the molecule is O=C(COCC(F)(F)F)N[C@@H](C(=O)O)c1ccccc1Cl. The second-order valence-corrected chi connectivity index (χ2v) is 4.38. The fourth-order valence-electron chi connectivity index (χ4n) is 1.44. The quantitative estimate of drug-likeness (QED) is 0.840. The van der Waals surface area contributed by atoms with E-state index in [4.69, 9.17) is 16.7 Å². The molecule has 0 bridgehead atoms. The van der Waals surface area contributed by atoms with E-state index in [9.17, 15) is 22.8 Å². The van der Waals surface area contributed by atoms with Crippen LogP contribution in [0.25, 0.3) is 0 Å². The van der Waals surface area contributed by atoms with Gasteiger partial charge in [0, 0.05) is 10.6 Å². The van der Waals surface area contributed by atoms with Crippen molar-refractivity contribution < 1.29 is 32.6 Å². The highest BCUT2D eigenvalue weighted by atomic mass is 35.5. The molecule has 0 radical (unpaired) electrons. The number of carbonyl (C=O) groups is 2. The second kappa shape index (κ2) is 7.28. The van der Waals surface area contributed by atoms with Crippen molar-refractivity contribution in [2.24, 2.45) is 0 Å². The van der Waals surface area contributed by atoms with Crippen LogP contribution in [0.4, 0.5) is 13.2 Å². The Morgan fingerprint density at radius 3 is 2.48 bits per heavy atom. The van der Waals surface area contributed by atoms with Crippen LogP contribution in [0.1, 0.15) is 11.6 Å². The Balaban J connectivity index is 2.66. The van der Waals surface area contributed by atoms with Crippen molar-refractivity contribution in [3.05, 3.63) is 34.9 Å². The summed E-state index contributed by atoms with van der Waals surface area (Å²) in [5.74, 6) is -2.39. The Labute approximate surface area is 122 Å². The van der Waals surface area contributed by atoms with Gasteiger partial charge in [-0.25, -0.2) is 4.79 Å². The number of carbonyl (C=O) groups excluding carboxylic acids is 1. The van der Waals surface area contributed by atoms with E-state index in [0.29, 0.717) is 0 Å². The monoisotopic (exact) mass is 325 g/mol. The Kier molecular flexibility index (Phi) is 5.98. The van der Waals surface area contributed by atoms with Gasteiger partial charge < -0.3 is 15.2 Å². The van der Waals surface area contributed by atoms with Crippen LogP contribution in [0.2, 0.25) is 5.02 Å². The number of halogens is 4. The van der Waals surface area contributed by atoms with Crippen LogP contribution >= 0.6 is 11.6 Å². The molecular weight excluding hydrogens is 315 g/mol. The van der Waals surface area contributed by atoms with Crippen molar-refractivity contribution >= 4 is 23.5 Å². The molecule has 0 saturated heterocycles. The number of aliphatic carboxylic acids is 1. The zero-order chi connectivity index (χ0) is 16.0. The predicted octanol–water partition coefficient (Wildman–Crippen LogP) is 2.16. The zero-order valence-corrected chi connectivity index (χ0v) is 11.2. The molecule has 0 fully saturated rings. The van der Waals surface area contributed by atoms with Crippen LogP contribution in [-0.2, 0) is 14.3 Å². The molecule has 5 nitrogen and oxygen atoms in total. The van der Waals surface area contributed by atoms with Crippen molar-refractivity contribution in [3.63, 3.8) is 0 Å². The Morgan fingerprint density at radius 2 is 1.95 bits per heavy atom. The molecule has 1 atom stereocenters. The van der Waals surface area contributed by atoms with Gasteiger partial charge in [-0.2, -0.15) is 13.2 Å². The largest absolute Gasteiger partial charge is 0.479 e. The molecule has 9 heteroatoms. The van der Waals surface area contributed by atoms with Gasteiger partial charge >= 0.3 is 12.1 Å². The number of alkyl halides is 3. The molecule has 1 aromatic carbocycles. The van der Waals surface area contributed by atoms with E-state index in [1.807, 2.05) is 5.32 Å². The van der Waals surface area contributed by atoms with Gasteiger partial charge in [0.25, 0.3) is 0 Å². The summed E-state index contributed by atoms with van der Waals surface area (Å²) in [5, 5.41) is 11.2. The van der Waals surface area contributed by atoms with E-state index in [2.05, 4.69) is 4.74 Å². The number of amides is 1. The Bertz CT molecular complexity index is 521. The van der Waals surface area contributed by atoms with Gasteiger partial charge in [-0.15, -0.1) is 0 Å². The first kappa shape index (κ1) is 17.3. The molecule has 0 aliphatic heterocycles. The summed E-state index contributed by atoms with van der Waals surface area (Å²) in [6.45, 7) is -2.50. The molecule has 0 spiro atoms. The number of benzene rings is 1. The van der Waals surface area contributed by atoms with Crippen LogP contribution in [0.5, 0.6) is 0 Å². The van der Waals surface area contributed by atoms with Crippen molar-refractivity contribution in [1.82, 2.24) is 5.32 Å². The molecule has 0 saturated carbocycles. The highest BCUT2D eigenvalue weighted by Gasteiger charge is 2.29. The summed E-state index contributed by atoms with van der Waals surface area (Å²) in [6, 6.07) is 4.43. The van der Waals surface area contributed by atoms with E-state index < -0.39 is 37.3 Å². The lowest BCUT2D eigenvalue weighted by molar-refractivity contribution is -0.176. The molecule has 2 N–H and O–H groups in total. The molecule has 1 rings (SSSR count). The predicted molar refractivity (Wildman–Crippen MR) is 66.8 cm³/mol. The number of carboxylic acid groups (broad SMARTS) is 1. The molecule has 0 aliphatic rings. The molecule has 1 amide bonds. The Morgan fingerprint density at radius 1 is 1.33 bits per heavy atom. The number of ether oxygens (including phenoxy) is 1. The second-order valence-electron chi connectivity index (χ2n) is 3.97. The van der Waals surface area contributed by atoms with Gasteiger partial charge in [0.2, 0.25) is 5.91 Å². The molecule has 0 heterocycles. The summed E-state index contributed by atoms with van der Waals surface area (Å²) < 4.78 is 39.7. The summed E-state index contributed by atoms with van der Waals surface area (Å²) >= 11 is 5.82.